The van der Waals surface area contributed by atoms with Crippen LogP contribution in [-0.4, -0.2) is 13.9 Å². The van der Waals surface area contributed by atoms with Crippen LogP contribution in [0.25, 0.3) is 11.1 Å². The number of phenols is 1. The highest BCUT2D eigenvalue weighted by Gasteiger charge is 2.09. The quantitative estimate of drug-likeness (QED) is 0.809. The molecule has 0 saturated carbocycles. The van der Waals surface area contributed by atoms with Crippen molar-refractivity contribution in [2.24, 2.45) is 0 Å². The third-order valence-corrected chi connectivity index (χ3v) is 2.95. The summed E-state index contributed by atoms with van der Waals surface area (Å²) < 4.78 is 22.1. The summed E-state index contributed by atoms with van der Waals surface area (Å²) in [6, 6.07) is 13.4. The van der Waals surface area contributed by atoms with Gasteiger partial charge in [-0.2, -0.15) is 0 Å². The number of aromatic hydroxyl groups is 1. The van der Waals surface area contributed by atoms with Gasteiger partial charge in [0.15, 0.2) is 0 Å². The van der Waals surface area contributed by atoms with Gasteiger partial charge in [-0.15, -0.1) is 0 Å². The van der Waals surface area contributed by atoms with Crippen LogP contribution >= 0.6 is 0 Å². The Kier molecular flexibility index (Phi) is 3.03. The van der Waals surface area contributed by atoms with E-state index in [0.29, 0.717) is 11.1 Å². The number of benzene rings is 2. The Balaban J connectivity index is 2.68. The lowest BCUT2D eigenvalue weighted by atomic mass is 10.0. The van der Waals surface area contributed by atoms with Crippen LogP contribution in [0.5, 0.6) is 5.75 Å². The molecule has 2 rings (SSSR count). The zero-order valence-electron chi connectivity index (χ0n) is 8.29. The molecule has 0 radical (unpaired) electrons. The molecule has 0 aliphatic rings. The van der Waals surface area contributed by atoms with Gasteiger partial charge in [0.1, 0.15) is 5.75 Å². The molecular formula is C12H9O3S-. The van der Waals surface area contributed by atoms with E-state index in [1.54, 1.807) is 24.3 Å². The summed E-state index contributed by atoms with van der Waals surface area (Å²) >= 11 is -2.36. The van der Waals surface area contributed by atoms with Gasteiger partial charge < -0.3 is 9.66 Å². The molecule has 1 atom stereocenters. The van der Waals surface area contributed by atoms with Gasteiger partial charge in [0.25, 0.3) is 0 Å². The van der Waals surface area contributed by atoms with Crippen molar-refractivity contribution in [1.29, 1.82) is 0 Å². The zero-order valence-corrected chi connectivity index (χ0v) is 9.11. The van der Waals surface area contributed by atoms with Crippen LogP contribution in [0.1, 0.15) is 0 Å². The van der Waals surface area contributed by atoms with E-state index in [4.69, 9.17) is 0 Å². The average Bonchev–Trinajstić information content (AvgIpc) is 2.29. The molecule has 0 spiro atoms. The van der Waals surface area contributed by atoms with Crippen LogP contribution in [-0.2, 0) is 11.1 Å². The fourth-order valence-electron chi connectivity index (χ4n) is 1.55. The normalized spacial score (nSPS) is 12.3. The van der Waals surface area contributed by atoms with Crippen LogP contribution in [0, 0.1) is 0 Å². The molecule has 16 heavy (non-hydrogen) atoms. The van der Waals surface area contributed by atoms with Crippen LogP contribution in [0.4, 0.5) is 0 Å². The summed E-state index contributed by atoms with van der Waals surface area (Å²) in [5, 5.41) is 9.72. The fraction of sp³-hybridized carbons (Fsp3) is 0. The fourth-order valence-corrected chi connectivity index (χ4v) is 2.13. The lowest BCUT2D eigenvalue weighted by Gasteiger charge is -2.13. The first-order valence-corrected chi connectivity index (χ1v) is 5.74. The average molecular weight is 233 g/mol. The van der Waals surface area contributed by atoms with Crippen molar-refractivity contribution in [3.8, 4) is 16.9 Å². The van der Waals surface area contributed by atoms with Crippen molar-refractivity contribution >= 4 is 11.1 Å². The monoisotopic (exact) mass is 233 g/mol. The molecule has 82 valence electrons. The van der Waals surface area contributed by atoms with E-state index in [0.717, 1.165) is 0 Å². The van der Waals surface area contributed by atoms with E-state index < -0.39 is 11.1 Å². The van der Waals surface area contributed by atoms with E-state index >= 15 is 0 Å². The topological polar surface area (TPSA) is 60.4 Å². The van der Waals surface area contributed by atoms with Gasteiger partial charge in [-0.3, -0.25) is 4.21 Å². The molecular weight excluding hydrogens is 224 g/mol. The molecule has 0 heterocycles. The SMILES string of the molecule is O=S([O-])c1cccc(O)c1-c1ccccc1. The Morgan fingerprint density at radius 3 is 2.31 bits per heavy atom. The maximum Gasteiger partial charge on any atom is 0.124 e. The van der Waals surface area contributed by atoms with Gasteiger partial charge in [-0.05, 0) is 28.8 Å². The summed E-state index contributed by atoms with van der Waals surface area (Å²) in [5.74, 6) is -0.0344. The summed E-state index contributed by atoms with van der Waals surface area (Å²) in [4.78, 5) is 0.103. The predicted octanol–water partition coefficient (Wildman–Crippen LogP) is 2.30. The summed E-state index contributed by atoms with van der Waals surface area (Å²) in [6.45, 7) is 0. The molecule has 2 aromatic rings. The Morgan fingerprint density at radius 2 is 1.69 bits per heavy atom. The van der Waals surface area contributed by atoms with Gasteiger partial charge in [0, 0.05) is 10.5 Å². The maximum absolute atomic E-state index is 11.0. The lowest BCUT2D eigenvalue weighted by molar-refractivity contribution is 0.474. The first-order valence-electron chi connectivity index (χ1n) is 4.67. The molecule has 0 bridgehead atoms. The van der Waals surface area contributed by atoms with Crippen molar-refractivity contribution in [3.63, 3.8) is 0 Å². The maximum atomic E-state index is 11.0. The predicted molar refractivity (Wildman–Crippen MR) is 60.7 cm³/mol. The van der Waals surface area contributed by atoms with Gasteiger partial charge in [0.05, 0.1) is 0 Å². The van der Waals surface area contributed by atoms with Gasteiger partial charge in [-0.25, -0.2) is 0 Å². The minimum atomic E-state index is -2.36. The van der Waals surface area contributed by atoms with Crippen molar-refractivity contribution in [3.05, 3.63) is 48.5 Å². The van der Waals surface area contributed by atoms with Crippen molar-refractivity contribution in [2.45, 2.75) is 4.90 Å². The molecule has 1 unspecified atom stereocenters. The zero-order chi connectivity index (χ0) is 11.5. The minimum Gasteiger partial charge on any atom is -0.768 e. The van der Waals surface area contributed by atoms with Crippen molar-refractivity contribution in [1.82, 2.24) is 0 Å². The molecule has 0 aliphatic carbocycles. The van der Waals surface area contributed by atoms with E-state index in [-0.39, 0.29) is 10.6 Å². The third-order valence-electron chi connectivity index (χ3n) is 2.25. The van der Waals surface area contributed by atoms with Crippen LogP contribution in [0.15, 0.2) is 53.4 Å². The first kappa shape index (κ1) is 10.9. The minimum absolute atomic E-state index is 0.0344. The molecule has 4 heteroatoms. The van der Waals surface area contributed by atoms with Crippen LogP contribution in [0.3, 0.4) is 0 Å². The van der Waals surface area contributed by atoms with E-state index in [1.807, 2.05) is 6.07 Å². The number of rotatable bonds is 2. The van der Waals surface area contributed by atoms with Crippen molar-refractivity contribution in [2.75, 3.05) is 0 Å². The van der Waals surface area contributed by atoms with Crippen LogP contribution < -0.4 is 0 Å². The molecule has 0 saturated heterocycles. The Hall–Kier alpha value is -1.65. The van der Waals surface area contributed by atoms with E-state index in [9.17, 15) is 13.9 Å². The summed E-state index contributed by atoms with van der Waals surface area (Å²) in [6.07, 6.45) is 0. The first-order chi connectivity index (χ1) is 7.70. The second-order valence-electron chi connectivity index (χ2n) is 3.25. The highest BCUT2D eigenvalue weighted by atomic mass is 32.2. The smallest absolute Gasteiger partial charge is 0.124 e. The summed E-state index contributed by atoms with van der Waals surface area (Å²) in [5.41, 5.74) is 1.02. The highest BCUT2D eigenvalue weighted by molar-refractivity contribution is 7.79. The third kappa shape index (κ3) is 1.98. The molecule has 0 aromatic heterocycles. The Morgan fingerprint density at radius 1 is 1.00 bits per heavy atom. The van der Waals surface area contributed by atoms with E-state index in [1.165, 1.54) is 18.2 Å². The number of phenolic OH excluding ortho intramolecular Hbond substituents is 1. The second-order valence-corrected chi connectivity index (χ2v) is 4.16. The van der Waals surface area contributed by atoms with Gasteiger partial charge >= 0.3 is 0 Å². The summed E-state index contributed by atoms with van der Waals surface area (Å²) in [7, 11) is 0. The number of hydrogen-bond donors (Lipinski definition) is 1. The van der Waals surface area contributed by atoms with Crippen molar-refractivity contribution < 1.29 is 13.9 Å². The largest absolute Gasteiger partial charge is 0.768 e. The molecule has 0 fully saturated rings. The van der Waals surface area contributed by atoms with Gasteiger partial charge in [0.2, 0.25) is 0 Å². The molecule has 2 aromatic carbocycles. The standard InChI is InChI=1S/C12H10O3S/c13-10-7-4-8-11(16(14)15)12(10)9-5-2-1-3-6-9/h1-8,13H,(H,14,15)/p-1. The molecule has 3 nitrogen and oxygen atoms in total. The van der Waals surface area contributed by atoms with E-state index in [2.05, 4.69) is 0 Å². The van der Waals surface area contributed by atoms with Gasteiger partial charge in [-0.1, -0.05) is 36.4 Å². The van der Waals surface area contributed by atoms with Crippen LogP contribution in [0.2, 0.25) is 0 Å². The lowest BCUT2D eigenvalue weighted by Crippen LogP contribution is -1.93. The molecule has 1 N–H and O–H groups in total. The molecule has 0 amide bonds. The Bertz CT molecular complexity index is 523. The molecule has 0 aliphatic heterocycles. The number of hydrogen-bond acceptors (Lipinski definition) is 3. The highest BCUT2D eigenvalue weighted by Crippen LogP contribution is 2.33. The second kappa shape index (κ2) is 4.47. The Labute approximate surface area is 95.7 Å².